The van der Waals surface area contributed by atoms with Gasteiger partial charge in [0.05, 0.1) is 24.9 Å². The number of hydrogen-bond acceptors (Lipinski definition) is 9. The van der Waals surface area contributed by atoms with Crippen molar-refractivity contribution in [2.75, 3.05) is 19.7 Å². The second-order valence-corrected chi connectivity index (χ2v) is 8.17. The average Bonchev–Trinajstić information content (AvgIpc) is 3.39. The predicted molar refractivity (Wildman–Crippen MR) is 92.9 cm³/mol. The number of carbonyl (C=O) groups excluding carboxylic acids is 2. The molecule has 0 spiro atoms. The van der Waals surface area contributed by atoms with Crippen molar-refractivity contribution in [2.45, 2.75) is 43.4 Å². The Morgan fingerprint density at radius 2 is 2.21 bits per heavy atom. The molecule has 2 bridgehead atoms. The van der Waals surface area contributed by atoms with Gasteiger partial charge in [-0.3, -0.25) is 14.2 Å². The van der Waals surface area contributed by atoms with E-state index in [-0.39, 0.29) is 25.2 Å². The van der Waals surface area contributed by atoms with Gasteiger partial charge in [-0.1, -0.05) is 5.21 Å². The van der Waals surface area contributed by atoms with Crippen LogP contribution in [-0.2, 0) is 24.3 Å². The van der Waals surface area contributed by atoms with Crippen LogP contribution in [-0.4, -0.2) is 87.7 Å². The Bertz CT molecular complexity index is 864. The number of piperidine rings is 1. The smallest absolute Gasteiger partial charge is 0.309 e. The van der Waals surface area contributed by atoms with Crippen LogP contribution in [0.4, 0.5) is 4.79 Å². The second kappa shape index (κ2) is 7.83. The van der Waals surface area contributed by atoms with Gasteiger partial charge >= 0.3 is 16.4 Å². The molecule has 1 aromatic heterocycles. The van der Waals surface area contributed by atoms with E-state index in [0.717, 1.165) is 6.42 Å². The fourth-order valence-corrected chi connectivity index (χ4v) is 4.31. The molecule has 0 radical (unpaired) electrons. The third kappa shape index (κ3) is 4.32. The minimum Gasteiger partial charge on any atom is -0.309 e. The van der Waals surface area contributed by atoms with E-state index in [0.29, 0.717) is 24.4 Å². The summed E-state index contributed by atoms with van der Waals surface area (Å²) >= 11 is 0. The van der Waals surface area contributed by atoms with Crippen molar-refractivity contribution in [1.82, 2.24) is 35.8 Å². The maximum absolute atomic E-state index is 12.4. The van der Waals surface area contributed by atoms with Crippen LogP contribution in [0.5, 0.6) is 0 Å². The highest BCUT2D eigenvalue weighted by molar-refractivity contribution is 7.80. The van der Waals surface area contributed by atoms with E-state index in [1.807, 2.05) is 0 Å². The number of aromatic nitrogens is 3. The minimum atomic E-state index is -4.83. The van der Waals surface area contributed by atoms with Gasteiger partial charge in [-0.2, -0.15) is 13.5 Å². The predicted octanol–water partition coefficient (Wildman–Crippen LogP) is -1.77. The molecular weight excluding hydrogens is 410 g/mol. The highest BCUT2D eigenvalue weighted by Gasteiger charge is 2.49. The Kier molecular flexibility index (Phi) is 5.39. The first-order chi connectivity index (χ1) is 13.8. The van der Waals surface area contributed by atoms with Gasteiger partial charge in [0.2, 0.25) is 0 Å². The minimum absolute atomic E-state index is 0.0207. The molecule has 0 aromatic carbocycles. The molecule has 4 rings (SSSR count). The van der Waals surface area contributed by atoms with E-state index in [4.69, 9.17) is 9.39 Å². The molecule has 3 aliphatic heterocycles. The van der Waals surface area contributed by atoms with Crippen molar-refractivity contribution in [3.05, 3.63) is 12.4 Å². The van der Waals surface area contributed by atoms with E-state index in [1.54, 1.807) is 17.1 Å². The Labute approximate surface area is 166 Å². The molecule has 3 fully saturated rings. The van der Waals surface area contributed by atoms with E-state index < -0.39 is 34.4 Å². The van der Waals surface area contributed by atoms with Crippen molar-refractivity contribution >= 4 is 22.3 Å². The lowest BCUT2D eigenvalue weighted by Gasteiger charge is -2.29. The van der Waals surface area contributed by atoms with Gasteiger partial charge in [-0.25, -0.2) is 15.0 Å². The summed E-state index contributed by atoms with van der Waals surface area (Å²) in [6.07, 6.45) is 4.82. The van der Waals surface area contributed by atoms with Crippen LogP contribution in [0.15, 0.2) is 12.4 Å². The molecule has 3 N–H and O–H groups in total. The SMILES string of the molecule is O=C(NOC[C@H]1C[C@H](n2ccnn2)CN1)C1CCC2CN1C(=O)N2OS(=O)(=O)O. The van der Waals surface area contributed by atoms with Crippen LogP contribution in [0.3, 0.4) is 0 Å². The first-order valence-electron chi connectivity index (χ1n) is 9.09. The Morgan fingerprint density at radius 1 is 1.38 bits per heavy atom. The topological polar surface area (TPSA) is 168 Å². The number of nitrogens with zero attached hydrogens (tertiary/aromatic N) is 5. The summed E-state index contributed by atoms with van der Waals surface area (Å²) in [5.74, 6) is -0.503. The van der Waals surface area contributed by atoms with Crippen molar-refractivity contribution in [3.63, 3.8) is 0 Å². The third-order valence-electron chi connectivity index (χ3n) is 5.27. The quantitative estimate of drug-likeness (QED) is 0.332. The molecule has 29 heavy (non-hydrogen) atoms. The fourth-order valence-electron chi connectivity index (χ4n) is 3.92. The zero-order chi connectivity index (χ0) is 20.6. The molecular formula is C14H21N7O7S. The maximum Gasteiger partial charge on any atom is 0.418 e. The lowest BCUT2D eigenvalue weighted by Crippen LogP contribution is -2.50. The zero-order valence-electron chi connectivity index (χ0n) is 15.2. The Morgan fingerprint density at radius 3 is 2.93 bits per heavy atom. The van der Waals surface area contributed by atoms with Crippen molar-refractivity contribution in [3.8, 4) is 0 Å². The van der Waals surface area contributed by atoms with Crippen molar-refractivity contribution in [1.29, 1.82) is 0 Å². The molecule has 3 saturated heterocycles. The first kappa shape index (κ1) is 20.0. The van der Waals surface area contributed by atoms with Gasteiger partial charge < -0.3 is 10.2 Å². The van der Waals surface area contributed by atoms with Gasteiger partial charge in [0.1, 0.15) is 6.04 Å². The third-order valence-corrected chi connectivity index (χ3v) is 5.62. The van der Waals surface area contributed by atoms with E-state index in [1.165, 1.54) is 4.90 Å². The van der Waals surface area contributed by atoms with Gasteiger partial charge in [-0.15, -0.1) is 9.38 Å². The Balaban J connectivity index is 1.25. The first-order valence-corrected chi connectivity index (χ1v) is 10.5. The van der Waals surface area contributed by atoms with Crippen LogP contribution in [0, 0.1) is 0 Å². The summed E-state index contributed by atoms with van der Waals surface area (Å²) in [5, 5.41) is 11.6. The van der Waals surface area contributed by atoms with Gasteiger partial charge in [0, 0.05) is 25.3 Å². The van der Waals surface area contributed by atoms with Gasteiger partial charge in [0.25, 0.3) is 5.91 Å². The summed E-state index contributed by atoms with van der Waals surface area (Å²) in [5.41, 5.74) is 2.36. The largest absolute Gasteiger partial charge is 0.418 e. The number of rotatable bonds is 7. The van der Waals surface area contributed by atoms with E-state index >= 15 is 0 Å². The summed E-state index contributed by atoms with van der Waals surface area (Å²) in [6, 6.07) is -1.97. The van der Waals surface area contributed by atoms with E-state index in [9.17, 15) is 18.0 Å². The number of hydrogen-bond donors (Lipinski definition) is 3. The number of urea groups is 1. The summed E-state index contributed by atoms with van der Waals surface area (Å²) in [6.45, 7) is 1.07. The lowest BCUT2D eigenvalue weighted by atomic mass is 10.0. The highest BCUT2D eigenvalue weighted by Crippen LogP contribution is 2.30. The molecule has 1 aromatic rings. The molecule has 14 nitrogen and oxygen atoms in total. The van der Waals surface area contributed by atoms with Crippen molar-refractivity contribution in [2.24, 2.45) is 0 Å². The normalized spacial score (nSPS) is 29.5. The van der Waals surface area contributed by atoms with Gasteiger partial charge in [0.15, 0.2) is 0 Å². The number of amides is 3. The number of carbonyl (C=O) groups is 2. The summed E-state index contributed by atoms with van der Waals surface area (Å²) < 4.78 is 36.7. The molecule has 4 atom stereocenters. The average molecular weight is 431 g/mol. The second-order valence-electron chi connectivity index (χ2n) is 7.17. The standard InChI is InChI=1S/C14H21N7O7S/c22-13(17-27-8-9-5-11(6-15-9)20-4-3-16-18-20)12-2-1-10-7-19(12)14(23)21(10)28-29(24,25)26/h3-4,9-12,15H,1-2,5-8H2,(H,17,22)(H,24,25,26)/t9-,10?,11+,12?/m1/s1. The number of fused-ring (bicyclic) bond motifs is 2. The van der Waals surface area contributed by atoms with Crippen LogP contribution >= 0.6 is 0 Å². The number of hydroxylamine groups is 3. The van der Waals surface area contributed by atoms with Gasteiger partial charge in [-0.05, 0) is 19.3 Å². The summed E-state index contributed by atoms with van der Waals surface area (Å²) in [7, 11) is -4.83. The molecule has 4 heterocycles. The lowest BCUT2D eigenvalue weighted by molar-refractivity contribution is -0.139. The molecule has 0 aliphatic carbocycles. The molecule has 0 saturated carbocycles. The molecule has 2 unspecified atom stereocenters. The maximum atomic E-state index is 12.4. The molecule has 15 heteroatoms. The molecule has 3 aliphatic rings. The molecule has 160 valence electrons. The summed E-state index contributed by atoms with van der Waals surface area (Å²) in [4.78, 5) is 31.3. The van der Waals surface area contributed by atoms with Crippen LogP contribution < -0.4 is 10.8 Å². The van der Waals surface area contributed by atoms with Crippen LogP contribution in [0.2, 0.25) is 0 Å². The van der Waals surface area contributed by atoms with Crippen molar-refractivity contribution < 1.29 is 31.7 Å². The van der Waals surface area contributed by atoms with Crippen LogP contribution in [0.25, 0.3) is 0 Å². The van der Waals surface area contributed by atoms with E-state index in [2.05, 4.69) is 25.4 Å². The molecule has 3 amide bonds. The highest BCUT2D eigenvalue weighted by atomic mass is 32.3. The van der Waals surface area contributed by atoms with Crippen LogP contribution in [0.1, 0.15) is 25.3 Å². The Hall–Kier alpha value is -2.33. The number of nitrogens with one attached hydrogen (secondary N) is 2. The fraction of sp³-hybridized carbons (Fsp3) is 0.714. The zero-order valence-corrected chi connectivity index (χ0v) is 16.1. The monoisotopic (exact) mass is 431 g/mol.